The molecule has 2 rings (SSSR count). The second-order valence-electron chi connectivity index (χ2n) is 5.54. The number of aliphatic hydroxyl groups excluding tert-OH is 3. The molecule has 0 radical (unpaired) electrons. The van der Waals surface area contributed by atoms with Crippen LogP contribution in [-0.4, -0.2) is 71.6 Å². The summed E-state index contributed by atoms with van der Waals surface area (Å²) in [6.07, 6.45) is -5.22. The molecule has 1 aromatic rings. The van der Waals surface area contributed by atoms with Crippen LogP contribution in [0.15, 0.2) is 24.3 Å². The molecule has 0 aliphatic carbocycles. The van der Waals surface area contributed by atoms with Gasteiger partial charge in [0.1, 0.15) is 35.7 Å². The molecule has 25 heavy (non-hydrogen) atoms. The molecular formula is C16H21NO8. The predicted molar refractivity (Wildman–Crippen MR) is 83.8 cm³/mol. The quantitative estimate of drug-likeness (QED) is 0.484. The number of amides is 1. The monoisotopic (exact) mass is 355 g/mol. The van der Waals surface area contributed by atoms with Crippen molar-refractivity contribution < 1.29 is 39.1 Å². The third-order valence-electron chi connectivity index (χ3n) is 3.79. The number of methoxy groups -OCH3 is 1. The fourth-order valence-electron chi connectivity index (χ4n) is 2.54. The number of para-hydroxylation sites is 1. The highest BCUT2D eigenvalue weighted by molar-refractivity contribution is 5.92. The van der Waals surface area contributed by atoms with Gasteiger partial charge in [-0.25, -0.2) is 4.79 Å². The lowest BCUT2D eigenvalue weighted by Gasteiger charge is -2.42. The minimum atomic E-state index is -1.44. The number of benzene rings is 1. The summed E-state index contributed by atoms with van der Waals surface area (Å²) in [7, 11) is 1.22. The minimum absolute atomic E-state index is 0.106. The lowest BCUT2D eigenvalue weighted by Crippen LogP contribution is -2.65. The summed E-state index contributed by atoms with van der Waals surface area (Å²) in [5.74, 6) is -1.01. The highest BCUT2D eigenvalue weighted by atomic mass is 16.7. The normalized spacial score (nSPS) is 28.9. The topological polar surface area (TPSA) is 135 Å². The number of aliphatic hydroxyl groups is 3. The number of ether oxygens (including phenoxy) is 3. The van der Waals surface area contributed by atoms with Crippen LogP contribution in [0.25, 0.3) is 0 Å². The van der Waals surface area contributed by atoms with E-state index in [0.29, 0.717) is 0 Å². The first kappa shape index (κ1) is 19.1. The molecule has 138 valence electrons. The smallest absolute Gasteiger partial charge is 0.341 e. The van der Waals surface area contributed by atoms with Crippen LogP contribution in [0.2, 0.25) is 0 Å². The maximum absolute atomic E-state index is 11.8. The molecule has 0 unspecified atom stereocenters. The molecule has 0 aromatic heterocycles. The fraction of sp³-hybridized carbons (Fsp3) is 0.500. The highest BCUT2D eigenvalue weighted by Gasteiger charge is 2.46. The Morgan fingerprint density at radius 1 is 1.24 bits per heavy atom. The maximum Gasteiger partial charge on any atom is 0.341 e. The molecule has 9 nitrogen and oxygen atoms in total. The third-order valence-corrected chi connectivity index (χ3v) is 3.79. The van der Waals surface area contributed by atoms with Crippen molar-refractivity contribution in [2.24, 2.45) is 0 Å². The van der Waals surface area contributed by atoms with Crippen LogP contribution in [0, 0.1) is 0 Å². The lowest BCUT2D eigenvalue weighted by molar-refractivity contribution is -0.244. The maximum atomic E-state index is 11.8. The zero-order valence-electron chi connectivity index (χ0n) is 13.8. The summed E-state index contributed by atoms with van der Waals surface area (Å²) < 4.78 is 15.8. The van der Waals surface area contributed by atoms with Crippen molar-refractivity contribution in [1.29, 1.82) is 0 Å². The van der Waals surface area contributed by atoms with Crippen LogP contribution in [0.4, 0.5) is 0 Å². The number of carbonyl (C=O) groups excluding carboxylic acids is 2. The number of hydrogen-bond acceptors (Lipinski definition) is 8. The molecule has 1 saturated heterocycles. The van der Waals surface area contributed by atoms with E-state index in [9.17, 15) is 24.9 Å². The Balaban J connectivity index is 2.30. The van der Waals surface area contributed by atoms with Gasteiger partial charge in [-0.15, -0.1) is 0 Å². The molecule has 1 aliphatic heterocycles. The average molecular weight is 355 g/mol. The summed E-state index contributed by atoms with van der Waals surface area (Å²) in [6.45, 7) is 0.667. The van der Waals surface area contributed by atoms with Crippen molar-refractivity contribution in [3.8, 4) is 5.75 Å². The van der Waals surface area contributed by atoms with Gasteiger partial charge in [0.15, 0.2) is 0 Å². The second kappa shape index (κ2) is 8.26. The molecule has 1 heterocycles. The molecule has 1 aromatic carbocycles. The van der Waals surface area contributed by atoms with Crippen LogP contribution < -0.4 is 10.1 Å². The number of rotatable bonds is 5. The van der Waals surface area contributed by atoms with Gasteiger partial charge in [0.25, 0.3) is 0 Å². The molecule has 1 fully saturated rings. The SMILES string of the molecule is COC(=O)c1ccccc1O[C@@H]1O[C@@H](CO)[C@@H](O)[C@@H](O)[C@@H]1NC(C)=O. The minimum Gasteiger partial charge on any atom is -0.465 e. The first-order valence-electron chi connectivity index (χ1n) is 7.62. The highest BCUT2D eigenvalue weighted by Crippen LogP contribution is 2.27. The molecule has 0 bridgehead atoms. The standard InChI is InChI=1S/C16H21NO8/c1-8(19)17-12-14(21)13(20)11(7-18)25-16(12)24-10-6-4-3-5-9(10)15(22)23-2/h3-6,11-14,16,18,20-21H,7H2,1-2H3,(H,17,19)/t11-,12-,13+,14-,16+/m0/s1. The van der Waals surface area contributed by atoms with Gasteiger partial charge in [0.2, 0.25) is 12.2 Å². The molecule has 1 aliphatic rings. The van der Waals surface area contributed by atoms with Gasteiger partial charge < -0.3 is 34.8 Å². The summed E-state index contributed by atoms with van der Waals surface area (Å²) in [5, 5.41) is 31.9. The van der Waals surface area contributed by atoms with Crippen LogP contribution in [0.5, 0.6) is 5.75 Å². The zero-order valence-corrected chi connectivity index (χ0v) is 13.8. The Kier molecular flexibility index (Phi) is 6.32. The van der Waals surface area contributed by atoms with E-state index in [2.05, 4.69) is 10.1 Å². The van der Waals surface area contributed by atoms with E-state index >= 15 is 0 Å². The van der Waals surface area contributed by atoms with Crippen molar-refractivity contribution in [2.75, 3.05) is 13.7 Å². The third kappa shape index (κ3) is 4.26. The Morgan fingerprint density at radius 2 is 1.92 bits per heavy atom. The van der Waals surface area contributed by atoms with Crippen LogP contribution in [-0.2, 0) is 14.3 Å². The van der Waals surface area contributed by atoms with Crippen molar-refractivity contribution in [2.45, 2.75) is 37.6 Å². The van der Waals surface area contributed by atoms with Crippen molar-refractivity contribution >= 4 is 11.9 Å². The van der Waals surface area contributed by atoms with Gasteiger partial charge >= 0.3 is 5.97 Å². The van der Waals surface area contributed by atoms with E-state index in [-0.39, 0.29) is 11.3 Å². The average Bonchev–Trinajstić information content (AvgIpc) is 2.60. The van der Waals surface area contributed by atoms with Crippen LogP contribution in [0.1, 0.15) is 17.3 Å². The Bertz CT molecular complexity index is 622. The molecule has 4 N–H and O–H groups in total. The molecule has 0 saturated carbocycles. The molecule has 0 spiro atoms. The van der Waals surface area contributed by atoms with E-state index in [0.717, 1.165) is 0 Å². The number of esters is 1. The predicted octanol–water partition coefficient (Wildman–Crippen LogP) is -1.20. The number of hydrogen-bond donors (Lipinski definition) is 4. The molecular weight excluding hydrogens is 334 g/mol. The van der Waals surface area contributed by atoms with Crippen molar-refractivity contribution in [3.63, 3.8) is 0 Å². The Hall–Kier alpha value is -2.20. The van der Waals surface area contributed by atoms with Gasteiger partial charge in [0.05, 0.1) is 13.7 Å². The summed E-state index contributed by atoms with van der Waals surface area (Å²) in [4.78, 5) is 23.2. The second-order valence-corrected chi connectivity index (χ2v) is 5.54. The molecule has 1 amide bonds. The summed E-state index contributed by atoms with van der Waals surface area (Å²) >= 11 is 0. The molecule has 9 heteroatoms. The van der Waals surface area contributed by atoms with Gasteiger partial charge in [-0.1, -0.05) is 12.1 Å². The van der Waals surface area contributed by atoms with E-state index in [1.54, 1.807) is 12.1 Å². The van der Waals surface area contributed by atoms with Crippen molar-refractivity contribution in [3.05, 3.63) is 29.8 Å². The summed E-state index contributed by atoms with van der Waals surface area (Å²) in [5.41, 5.74) is 0.122. The molecule has 5 atom stereocenters. The fourth-order valence-corrected chi connectivity index (χ4v) is 2.54. The number of nitrogens with one attached hydrogen (secondary N) is 1. The van der Waals surface area contributed by atoms with E-state index in [1.165, 1.54) is 26.2 Å². The first-order valence-corrected chi connectivity index (χ1v) is 7.62. The first-order chi connectivity index (χ1) is 11.9. The number of carbonyl (C=O) groups is 2. The van der Waals surface area contributed by atoms with Crippen LogP contribution >= 0.6 is 0 Å². The van der Waals surface area contributed by atoms with E-state index in [4.69, 9.17) is 9.47 Å². The Labute approximate surface area is 144 Å². The van der Waals surface area contributed by atoms with Gasteiger partial charge in [-0.05, 0) is 12.1 Å². The summed E-state index contributed by atoms with van der Waals surface area (Å²) in [6, 6.07) is 5.09. The van der Waals surface area contributed by atoms with Gasteiger partial charge in [-0.2, -0.15) is 0 Å². The Morgan fingerprint density at radius 3 is 2.52 bits per heavy atom. The largest absolute Gasteiger partial charge is 0.465 e. The lowest BCUT2D eigenvalue weighted by atomic mass is 9.97. The zero-order chi connectivity index (χ0) is 18.6. The van der Waals surface area contributed by atoms with Crippen LogP contribution in [0.3, 0.4) is 0 Å². The van der Waals surface area contributed by atoms with Crippen molar-refractivity contribution in [1.82, 2.24) is 5.32 Å². The van der Waals surface area contributed by atoms with E-state index < -0.39 is 49.1 Å². The van der Waals surface area contributed by atoms with E-state index in [1.807, 2.05) is 0 Å². The van der Waals surface area contributed by atoms with Gasteiger partial charge in [0, 0.05) is 6.92 Å². The van der Waals surface area contributed by atoms with Gasteiger partial charge in [-0.3, -0.25) is 4.79 Å².